The van der Waals surface area contributed by atoms with Gasteiger partial charge in [-0.3, -0.25) is 0 Å². The van der Waals surface area contributed by atoms with E-state index >= 15 is 0 Å². The fraction of sp³-hybridized carbons (Fsp3) is 0.200. The minimum Gasteiger partial charge on any atom is -0.504 e. The lowest BCUT2D eigenvalue weighted by Crippen LogP contribution is -2.12. The normalized spacial score (nSPS) is 11.7. The van der Waals surface area contributed by atoms with Crippen molar-refractivity contribution in [1.29, 1.82) is 0 Å². The molecule has 5 nitrogen and oxygen atoms in total. The second-order valence-electron chi connectivity index (χ2n) is 3.51. The molecule has 2 rings (SSSR count). The Kier molecular flexibility index (Phi) is 2.85. The highest BCUT2D eigenvalue weighted by molar-refractivity contribution is 5.58. The summed E-state index contributed by atoms with van der Waals surface area (Å²) >= 11 is 0. The highest BCUT2D eigenvalue weighted by atomic mass is 19.4. The summed E-state index contributed by atoms with van der Waals surface area (Å²) in [6, 6.07) is 3.61. The number of aromatic hydroxyl groups is 2. The Hall–Kier alpha value is -2.25. The lowest BCUT2D eigenvalue weighted by atomic mass is 10.2. The van der Waals surface area contributed by atoms with Crippen LogP contribution in [0, 0.1) is 0 Å². The monoisotopic (exact) mass is 260 g/mol. The molecule has 0 amide bonds. The van der Waals surface area contributed by atoms with Crippen LogP contribution in [0.1, 0.15) is 5.82 Å². The second-order valence-corrected chi connectivity index (χ2v) is 3.51. The number of benzene rings is 1. The summed E-state index contributed by atoms with van der Waals surface area (Å²) in [6.45, 7) is 0. The summed E-state index contributed by atoms with van der Waals surface area (Å²) in [7, 11) is 0. The van der Waals surface area contributed by atoms with E-state index in [1.165, 1.54) is 6.07 Å². The third-order valence-corrected chi connectivity index (χ3v) is 2.05. The lowest BCUT2D eigenvalue weighted by Gasteiger charge is -2.00. The number of rotatable bonds is 2. The van der Waals surface area contributed by atoms with Gasteiger partial charge in [0.05, 0.1) is 0 Å². The van der Waals surface area contributed by atoms with Crippen LogP contribution in [0.3, 0.4) is 0 Å². The molecule has 1 aromatic carbocycles. The highest BCUT2D eigenvalue weighted by Gasteiger charge is 2.30. The topological polar surface area (TPSA) is 79.4 Å². The largest absolute Gasteiger partial charge is 0.504 e. The molecule has 1 aromatic heterocycles. The van der Waals surface area contributed by atoms with E-state index in [9.17, 15) is 18.3 Å². The van der Waals surface area contributed by atoms with Crippen LogP contribution in [0.25, 0.3) is 11.5 Å². The summed E-state index contributed by atoms with van der Waals surface area (Å²) < 4.78 is 40.9. The van der Waals surface area contributed by atoms with Gasteiger partial charge in [0.15, 0.2) is 17.3 Å². The van der Waals surface area contributed by atoms with E-state index in [4.69, 9.17) is 5.11 Å². The molecule has 2 aromatic rings. The van der Waals surface area contributed by atoms with E-state index in [1.807, 2.05) is 0 Å². The van der Waals surface area contributed by atoms with Crippen molar-refractivity contribution >= 4 is 0 Å². The molecule has 0 aliphatic heterocycles. The van der Waals surface area contributed by atoms with E-state index in [2.05, 4.69) is 14.7 Å². The Morgan fingerprint density at radius 1 is 1.17 bits per heavy atom. The first-order chi connectivity index (χ1) is 8.35. The fourth-order valence-electron chi connectivity index (χ4n) is 1.28. The molecule has 0 unspecified atom stereocenters. The van der Waals surface area contributed by atoms with Gasteiger partial charge in [0.1, 0.15) is 6.42 Å². The van der Waals surface area contributed by atoms with Gasteiger partial charge in [-0.25, -0.2) is 0 Å². The first kappa shape index (κ1) is 12.2. The van der Waals surface area contributed by atoms with Crippen molar-refractivity contribution in [2.24, 2.45) is 0 Å². The van der Waals surface area contributed by atoms with Crippen molar-refractivity contribution in [2.45, 2.75) is 12.6 Å². The summed E-state index contributed by atoms with van der Waals surface area (Å²) in [6.07, 6.45) is -5.71. The van der Waals surface area contributed by atoms with Crippen molar-refractivity contribution in [3.63, 3.8) is 0 Å². The summed E-state index contributed by atoms with van der Waals surface area (Å²) in [5.74, 6) is -1.44. The van der Waals surface area contributed by atoms with E-state index in [-0.39, 0.29) is 17.2 Å². The lowest BCUT2D eigenvalue weighted by molar-refractivity contribution is -0.128. The minimum atomic E-state index is -4.42. The predicted octanol–water partition coefficient (Wildman–Crippen LogP) is 2.25. The minimum absolute atomic E-state index is 0.162. The number of hydrogen-bond acceptors (Lipinski definition) is 5. The van der Waals surface area contributed by atoms with Crippen LogP contribution in [0.2, 0.25) is 0 Å². The van der Waals surface area contributed by atoms with Crippen molar-refractivity contribution in [3.8, 4) is 23.0 Å². The zero-order chi connectivity index (χ0) is 13.3. The summed E-state index contributed by atoms with van der Waals surface area (Å²) in [4.78, 5) is 3.55. The number of hydrogen-bond donors (Lipinski definition) is 2. The van der Waals surface area contributed by atoms with Crippen LogP contribution in [0.15, 0.2) is 22.7 Å². The molecule has 0 bridgehead atoms. The third-order valence-electron chi connectivity index (χ3n) is 2.05. The fourth-order valence-corrected chi connectivity index (χ4v) is 1.28. The van der Waals surface area contributed by atoms with Gasteiger partial charge in [0, 0.05) is 5.56 Å². The standard InChI is InChI=1S/C10H7F3N2O3/c11-10(12,13)4-8-14-9(18-15-8)5-1-2-6(16)7(17)3-5/h1-3,16-17H,4H2. The molecule has 0 spiro atoms. The Balaban J connectivity index is 2.26. The maximum atomic E-state index is 12.1. The third kappa shape index (κ3) is 2.70. The molecule has 2 N–H and O–H groups in total. The predicted molar refractivity (Wildman–Crippen MR) is 52.8 cm³/mol. The average molecular weight is 260 g/mol. The smallest absolute Gasteiger partial charge is 0.396 e. The van der Waals surface area contributed by atoms with Gasteiger partial charge in [0.2, 0.25) is 0 Å². The molecule has 0 saturated carbocycles. The summed E-state index contributed by atoms with van der Waals surface area (Å²) in [5.41, 5.74) is 0.214. The number of alkyl halides is 3. The van der Waals surface area contributed by atoms with Gasteiger partial charge >= 0.3 is 6.18 Å². The van der Waals surface area contributed by atoms with Crippen LogP contribution in [0.5, 0.6) is 11.5 Å². The van der Waals surface area contributed by atoms with Crippen molar-refractivity contribution in [3.05, 3.63) is 24.0 Å². The average Bonchev–Trinajstić information content (AvgIpc) is 2.68. The van der Waals surface area contributed by atoms with E-state index in [1.54, 1.807) is 0 Å². The Labute approximate surface area is 98.5 Å². The number of halogens is 3. The van der Waals surface area contributed by atoms with Crippen LogP contribution in [-0.2, 0) is 6.42 Å². The van der Waals surface area contributed by atoms with Gasteiger partial charge in [-0.1, -0.05) is 5.16 Å². The quantitative estimate of drug-likeness (QED) is 0.809. The molecule has 96 valence electrons. The van der Waals surface area contributed by atoms with Crippen molar-refractivity contribution in [2.75, 3.05) is 0 Å². The molecule has 0 fully saturated rings. The Morgan fingerprint density at radius 3 is 2.50 bits per heavy atom. The van der Waals surface area contributed by atoms with Gasteiger partial charge in [-0.2, -0.15) is 18.2 Å². The molecule has 0 aliphatic rings. The molecular weight excluding hydrogens is 253 g/mol. The second kappa shape index (κ2) is 4.21. The van der Waals surface area contributed by atoms with Crippen LogP contribution < -0.4 is 0 Å². The Bertz CT molecular complexity index is 566. The number of nitrogens with zero attached hydrogens (tertiary/aromatic N) is 2. The van der Waals surface area contributed by atoms with Crippen LogP contribution in [0.4, 0.5) is 13.2 Å². The van der Waals surface area contributed by atoms with Crippen LogP contribution >= 0.6 is 0 Å². The zero-order valence-corrected chi connectivity index (χ0v) is 8.77. The van der Waals surface area contributed by atoms with E-state index < -0.39 is 24.2 Å². The Morgan fingerprint density at radius 2 is 1.89 bits per heavy atom. The molecular formula is C10H7F3N2O3. The number of aromatic nitrogens is 2. The van der Waals surface area contributed by atoms with Gasteiger partial charge in [-0.15, -0.1) is 0 Å². The van der Waals surface area contributed by atoms with Crippen molar-refractivity contribution < 1.29 is 27.9 Å². The first-order valence-corrected chi connectivity index (χ1v) is 4.77. The zero-order valence-electron chi connectivity index (χ0n) is 8.77. The molecule has 8 heteroatoms. The number of phenolic OH excluding ortho intramolecular Hbond substituents is 2. The molecule has 0 aliphatic carbocycles. The van der Waals surface area contributed by atoms with Crippen molar-refractivity contribution in [1.82, 2.24) is 10.1 Å². The molecule has 18 heavy (non-hydrogen) atoms. The number of phenols is 2. The van der Waals surface area contributed by atoms with Crippen LogP contribution in [-0.4, -0.2) is 26.5 Å². The molecule has 0 radical (unpaired) electrons. The van der Waals surface area contributed by atoms with E-state index in [0.29, 0.717) is 0 Å². The highest BCUT2D eigenvalue weighted by Crippen LogP contribution is 2.30. The first-order valence-electron chi connectivity index (χ1n) is 4.77. The van der Waals surface area contributed by atoms with Gasteiger partial charge in [0.25, 0.3) is 5.89 Å². The summed E-state index contributed by atoms with van der Waals surface area (Å²) in [5, 5.41) is 21.5. The van der Waals surface area contributed by atoms with Gasteiger partial charge < -0.3 is 14.7 Å². The maximum absolute atomic E-state index is 12.1. The molecule has 0 saturated heterocycles. The van der Waals surface area contributed by atoms with Gasteiger partial charge in [-0.05, 0) is 18.2 Å². The molecule has 1 heterocycles. The van der Waals surface area contributed by atoms with E-state index in [0.717, 1.165) is 12.1 Å². The SMILES string of the molecule is Oc1ccc(-c2nc(CC(F)(F)F)no2)cc1O. The maximum Gasteiger partial charge on any atom is 0.396 e. The molecule has 0 atom stereocenters.